The summed E-state index contributed by atoms with van der Waals surface area (Å²) in [4.78, 5) is 27.8. The van der Waals surface area contributed by atoms with E-state index >= 15 is 0 Å². The average molecular weight is 531 g/mol. The van der Waals surface area contributed by atoms with Gasteiger partial charge in [0, 0.05) is 6.54 Å². The fourth-order valence-electron chi connectivity index (χ4n) is 4.72. The van der Waals surface area contributed by atoms with Gasteiger partial charge in [0.1, 0.15) is 11.9 Å². The second kappa shape index (κ2) is 10.1. The van der Waals surface area contributed by atoms with Gasteiger partial charge in [0.05, 0.1) is 17.0 Å². The molecule has 0 radical (unpaired) electrons. The van der Waals surface area contributed by atoms with E-state index in [9.17, 15) is 22.4 Å². The molecule has 0 aliphatic carbocycles. The molecule has 0 N–H and O–H groups in total. The molecule has 0 saturated carbocycles. The van der Waals surface area contributed by atoms with Gasteiger partial charge in [-0.05, 0) is 64.2 Å². The average Bonchev–Trinajstić information content (AvgIpc) is 3.20. The van der Waals surface area contributed by atoms with Gasteiger partial charge >= 0.3 is 0 Å². The van der Waals surface area contributed by atoms with Crippen molar-refractivity contribution in [2.75, 3.05) is 4.90 Å². The van der Waals surface area contributed by atoms with Gasteiger partial charge < -0.3 is 0 Å². The number of fused-ring (bicyclic) bond motifs is 1. The topological polar surface area (TPSA) is 74.8 Å². The number of halogens is 1. The molecule has 194 valence electrons. The molecule has 1 atom stereocenters. The quantitative estimate of drug-likeness (QED) is 0.291. The molecular weight excluding hydrogens is 503 g/mol. The summed E-state index contributed by atoms with van der Waals surface area (Å²) in [6, 6.07) is 23.4. The highest BCUT2D eigenvalue weighted by Gasteiger charge is 2.47. The van der Waals surface area contributed by atoms with Crippen LogP contribution in [0.25, 0.3) is 10.8 Å². The molecule has 4 aromatic carbocycles. The van der Waals surface area contributed by atoms with Gasteiger partial charge in [-0.25, -0.2) is 17.7 Å². The van der Waals surface area contributed by atoms with Crippen LogP contribution in [0.15, 0.2) is 95.9 Å². The van der Waals surface area contributed by atoms with Crippen molar-refractivity contribution < 1.29 is 22.4 Å². The van der Waals surface area contributed by atoms with Crippen molar-refractivity contribution >= 4 is 38.3 Å². The van der Waals surface area contributed by atoms with Crippen molar-refractivity contribution in [3.63, 3.8) is 0 Å². The molecule has 4 aromatic rings. The van der Waals surface area contributed by atoms with Crippen LogP contribution < -0.4 is 4.90 Å². The van der Waals surface area contributed by atoms with E-state index < -0.39 is 33.7 Å². The van der Waals surface area contributed by atoms with Gasteiger partial charge in [-0.15, -0.1) is 0 Å². The van der Waals surface area contributed by atoms with E-state index in [1.807, 2.05) is 50.2 Å². The highest BCUT2D eigenvalue weighted by Crippen LogP contribution is 2.32. The predicted molar refractivity (Wildman–Crippen MR) is 145 cm³/mol. The summed E-state index contributed by atoms with van der Waals surface area (Å²) in [7, 11) is -4.22. The number of benzene rings is 4. The molecule has 6 nitrogen and oxygen atoms in total. The van der Waals surface area contributed by atoms with Gasteiger partial charge in [-0.3, -0.25) is 9.59 Å². The second-order valence-electron chi connectivity index (χ2n) is 9.72. The Morgan fingerprint density at radius 3 is 2.21 bits per heavy atom. The smallest absolute Gasteiger partial charge is 0.252 e. The first-order valence-electron chi connectivity index (χ1n) is 12.4. The Labute approximate surface area is 221 Å². The maximum Gasteiger partial charge on any atom is 0.252 e. The van der Waals surface area contributed by atoms with E-state index in [0.717, 1.165) is 25.5 Å². The number of rotatable bonds is 7. The zero-order valence-electron chi connectivity index (χ0n) is 21.0. The van der Waals surface area contributed by atoms with E-state index in [0.29, 0.717) is 11.3 Å². The minimum atomic E-state index is -4.22. The number of sulfonamides is 1. The van der Waals surface area contributed by atoms with Gasteiger partial charge in [0.2, 0.25) is 15.9 Å². The lowest BCUT2D eigenvalue weighted by Crippen LogP contribution is -2.45. The predicted octanol–water partition coefficient (Wildman–Crippen LogP) is 5.63. The Morgan fingerprint density at radius 2 is 1.55 bits per heavy atom. The van der Waals surface area contributed by atoms with Gasteiger partial charge in [0.25, 0.3) is 5.91 Å². The lowest BCUT2D eigenvalue weighted by Gasteiger charge is -2.27. The third kappa shape index (κ3) is 4.85. The van der Waals surface area contributed by atoms with Crippen LogP contribution in [-0.2, 0) is 26.2 Å². The van der Waals surface area contributed by atoms with E-state index in [2.05, 4.69) is 0 Å². The molecule has 1 unspecified atom stereocenters. The second-order valence-corrected chi connectivity index (χ2v) is 11.6. The molecular formula is C30H27FN2O4S. The number of nitrogens with zero attached hydrogens (tertiary/aromatic N) is 2. The molecule has 1 saturated heterocycles. The number of amides is 2. The summed E-state index contributed by atoms with van der Waals surface area (Å²) in [6.45, 7) is 3.89. The molecule has 1 aliphatic rings. The van der Waals surface area contributed by atoms with E-state index in [-0.39, 0.29) is 23.8 Å². The molecule has 38 heavy (non-hydrogen) atoms. The lowest BCUT2D eigenvalue weighted by atomic mass is 10.0. The molecule has 1 heterocycles. The number of imide groups is 1. The summed E-state index contributed by atoms with van der Waals surface area (Å²) in [5.41, 5.74) is 1.95. The van der Waals surface area contributed by atoms with E-state index in [1.54, 1.807) is 24.3 Å². The summed E-state index contributed by atoms with van der Waals surface area (Å²) in [5.74, 6) is -1.27. The van der Waals surface area contributed by atoms with Crippen LogP contribution in [0.2, 0.25) is 0 Å². The highest BCUT2D eigenvalue weighted by atomic mass is 32.2. The summed E-state index contributed by atoms with van der Waals surface area (Å²) in [6.07, 6.45) is -0.293. The Balaban J connectivity index is 1.55. The molecule has 1 aliphatic heterocycles. The summed E-state index contributed by atoms with van der Waals surface area (Å²) in [5, 5.41) is 1.61. The normalized spacial score (nSPS) is 16.2. The van der Waals surface area contributed by atoms with Crippen LogP contribution in [0.5, 0.6) is 0 Å². The van der Waals surface area contributed by atoms with Gasteiger partial charge in [0.15, 0.2) is 0 Å². The van der Waals surface area contributed by atoms with Crippen LogP contribution in [0.4, 0.5) is 10.1 Å². The molecule has 0 bridgehead atoms. The van der Waals surface area contributed by atoms with Crippen molar-refractivity contribution in [2.24, 2.45) is 0 Å². The van der Waals surface area contributed by atoms with Crippen molar-refractivity contribution in [1.29, 1.82) is 0 Å². The minimum Gasteiger partial charge on any atom is -0.274 e. The van der Waals surface area contributed by atoms with Crippen LogP contribution in [0, 0.1) is 5.82 Å². The fraction of sp³-hybridized carbons (Fsp3) is 0.200. The zero-order valence-corrected chi connectivity index (χ0v) is 21.9. The Morgan fingerprint density at radius 1 is 0.895 bits per heavy atom. The third-order valence-corrected chi connectivity index (χ3v) is 8.72. The van der Waals surface area contributed by atoms with Crippen molar-refractivity contribution in [1.82, 2.24) is 4.31 Å². The van der Waals surface area contributed by atoms with Gasteiger partial charge in [-0.2, -0.15) is 4.31 Å². The largest absolute Gasteiger partial charge is 0.274 e. The molecule has 0 aromatic heterocycles. The van der Waals surface area contributed by atoms with E-state index in [4.69, 9.17) is 0 Å². The maximum atomic E-state index is 14.0. The number of anilines is 1. The maximum absolute atomic E-state index is 14.0. The first-order chi connectivity index (χ1) is 18.1. The molecule has 8 heteroatoms. The molecule has 5 rings (SSSR count). The van der Waals surface area contributed by atoms with Gasteiger partial charge in [-0.1, -0.05) is 68.4 Å². The molecule has 2 amide bonds. The number of carbonyl (C=O) groups excluding carboxylic acids is 2. The summed E-state index contributed by atoms with van der Waals surface area (Å²) >= 11 is 0. The van der Waals surface area contributed by atoms with Crippen molar-refractivity contribution in [3.05, 3.63) is 108 Å². The van der Waals surface area contributed by atoms with Crippen LogP contribution in [-0.4, -0.2) is 30.6 Å². The van der Waals surface area contributed by atoms with Crippen LogP contribution in [0.1, 0.15) is 37.3 Å². The third-order valence-electron chi connectivity index (χ3n) is 6.87. The zero-order chi connectivity index (χ0) is 27.0. The Hall–Kier alpha value is -3.88. The van der Waals surface area contributed by atoms with Crippen molar-refractivity contribution in [3.8, 4) is 0 Å². The highest BCUT2D eigenvalue weighted by molar-refractivity contribution is 7.89. The molecule has 1 fully saturated rings. The minimum absolute atomic E-state index is 0.0123. The number of carbonyl (C=O) groups is 2. The Bertz CT molecular complexity index is 1620. The first-order valence-corrected chi connectivity index (χ1v) is 13.8. The van der Waals surface area contributed by atoms with Crippen LogP contribution in [0.3, 0.4) is 0 Å². The Kier molecular flexibility index (Phi) is 6.86. The van der Waals surface area contributed by atoms with Crippen molar-refractivity contribution in [2.45, 2.75) is 43.7 Å². The SMILES string of the molecule is CC(C)c1ccc(N2C(=O)CC(N(Cc3ccc(F)cc3)S(=O)(=O)c3ccc4ccccc4c3)C2=O)cc1. The summed E-state index contributed by atoms with van der Waals surface area (Å²) < 4.78 is 42.7. The number of hydrogen-bond acceptors (Lipinski definition) is 4. The van der Waals surface area contributed by atoms with Crippen LogP contribution >= 0.6 is 0 Å². The monoisotopic (exact) mass is 530 g/mol. The van der Waals surface area contributed by atoms with E-state index in [1.165, 1.54) is 30.3 Å². The number of hydrogen-bond donors (Lipinski definition) is 0. The molecule has 0 spiro atoms. The first kappa shape index (κ1) is 25.8. The fourth-order valence-corrected chi connectivity index (χ4v) is 6.32. The lowest BCUT2D eigenvalue weighted by molar-refractivity contribution is -0.122. The standard InChI is InChI=1S/C30H27FN2O4S/c1-20(2)22-9-14-26(15-10-22)33-29(34)18-28(30(33)35)32(19-21-7-12-25(31)13-8-21)38(36,37)27-16-11-23-5-3-4-6-24(23)17-27/h3-17,20,28H,18-19H2,1-2H3.